The summed E-state index contributed by atoms with van der Waals surface area (Å²) in [6.45, 7) is 7.45. The van der Waals surface area contributed by atoms with Gasteiger partial charge in [0.15, 0.2) is 0 Å². The lowest BCUT2D eigenvalue weighted by Gasteiger charge is -2.30. The van der Waals surface area contributed by atoms with E-state index in [1.54, 1.807) is 72.8 Å². The SMILES string of the molecule is O=S(=O)(c1ccccc1)c1cnc2c(N3CCNCC3)cccc2c1.O=S(=O)(c1ccccc1)c1cnc2c(N3CCNCC3)cccc2c1. The van der Waals surface area contributed by atoms with Crippen molar-refractivity contribution in [1.29, 1.82) is 0 Å². The Bertz CT molecular complexity index is 2160. The Morgan fingerprint density at radius 1 is 0.460 bits per heavy atom. The van der Waals surface area contributed by atoms with Crippen molar-refractivity contribution in [3.05, 3.63) is 122 Å². The molecule has 0 amide bonds. The summed E-state index contributed by atoms with van der Waals surface area (Å²) < 4.78 is 51.2. The summed E-state index contributed by atoms with van der Waals surface area (Å²) >= 11 is 0. The lowest BCUT2D eigenvalue weighted by molar-refractivity contribution is 0.590. The van der Waals surface area contributed by atoms with Gasteiger partial charge in [0.1, 0.15) is 0 Å². The maximum absolute atomic E-state index is 12.8. The zero-order chi connectivity index (χ0) is 34.6. The number of anilines is 2. The number of hydrogen-bond acceptors (Lipinski definition) is 10. The summed E-state index contributed by atoms with van der Waals surface area (Å²) in [6, 6.07) is 32.2. The molecule has 0 spiro atoms. The number of hydrogen-bond donors (Lipinski definition) is 2. The van der Waals surface area contributed by atoms with Crippen molar-refractivity contribution >= 4 is 52.9 Å². The van der Waals surface area contributed by atoms with Crippen molar-refractivity contribution in [1.82, 2.24) is 20.6 Å². The third kappa shape index (κ3) is 6.92. The summed E-state index contributed by atoms with van der Waals surface area (Å²) in [5.41, 5.74) is 3.80. The molecular weight excluding hydrogens is 669 g/mol. The van der Waals surface area contributed by atoms with E-state index in [9.17, 15) is 16.8 Å². The molecule has 50 heavy (non-hydrogen) atoms. The van der Waals surface area contributed by atoms with Gasteiger partial charge in [-0.1, -0.05) is 60.7 Å². The van der Waals surface area contributed by atoms with Crippen LogP contribution in [-0.2, 0) is 19.7 Å². The summed E-state index contributed by atoms with van der Waals surface area (Å²) in [5, 5.41) is 8.36. The van der Waals surface area contributed by atoms with Crippen molar-refractivity contribution in [3.63, 3.8) is 0 Å². The minimum absolute atomic E-state index is 0.226. The first kappa shape index (κ1) is 33.6. The van der Waals surface area contributed by atoms with Gasteiger partial charge in [0, 0.05) is 75.5 Å². The number of rotatable bonds is 6. The van der Waals surface area contributed by atoms with E-state index in [1.807, 2.05) is 36.4 Å². The number of nitrogens with zero attached hydrogens (tertiary/aromatic N) is 4. The third-order valence-electron chi connectivity index (χ3n) is 8.97. The molecule has 2 fully saturated rings. The van der Waals surface area contributed by atoms with Gasteiger partial charge >= 0.3 is 0 Å². The number of para-hydroxylation sites is 2. The molecule has 4 heterocycles. The first-order valence-electron chi connectivity index (χ1n) is 16.6. The zero-order valence-corrected chi connectivity index (χ0v) is 29.1. The summed E-state index contributed by atoms with van der Waals surface area (Å²) in [4.78, 5) is 14.6. The van der Waals surface area contributed by atoms with Crippen LogP contribution in [0.1, 0.15) is 0 Å². The van der Waals surface area contributed by atoms with Gasteiger partial charge in [0.2, 0.25) is 19.7 Å². The largest absolute Gasteiger partial charge is 0.367 e. The van der Waals surface area contributed by atoms with Crippen LogP contribution in [0.5, 0.6) is 0 Å². The number of pyridine rings is 2. The van der Waals surface area contributed by atoms with Gasteiger partial charge < -0.3 is 20.4 Å². The summed E-state index contributed by atoms with van der Waals surface area (Å²) in [5.74, 6) is 0. The van der Waals surface area contributed by atoms with E-state index in [0.29, 0.717) is 0 Å². The van der Waals surface area contributed by atoms with Gasteiger partial charge in [-0.3, -0.25) is 9.97 Å². The van der Waals surface area contributed by atoms with E-state index in [-0.39, 0.29) is 19.6 Å². The maximum Gasteiger partial charge on any atom is 0.208 e. The minimum atomic E-state index is -3.55. The first-order chi connectivity index (χ1) is 24.3. The second-order valence-corrected chi connectivity index (χ2v) is 16.0. The highest BCUT2D eigenvalue weighted by Gasteiger charge is 2.22. The number of fused-ring (bicyclic) bond motifs is 2. The smallest absolute Gasteiger partial charge is 0.208 e. The second-order valence-electron chi connectivity index (χ2n) is 12.1. The van der Waals surface area contributed by atoms with Crippen LogP contribution in [0.3, 0.4) is 0 Å². The third-order valence-corrected chi connectivity index (χ3v) is 12.4. The standard InChI is InChI=1S/2C19H19N3O2S/c2*23-25(24,16-6-2-1-3-7-16)17-13-15-5-4-8-18(19(15)21-14-17)22-11-9-20-10-12-22/h2*1-8,13-14,20H,9-12H2. The fourth-order valence-electron chi connectivity index (χ4n) is 6.34. The molecule has 2 aliphatic heterocycles. The van der Waals surface area contributed by atoms with Crippen LogP contribution in [0.2, 0.25) is 0 Å². The lowest BCUT2D eigenvalue weighted by Crippen LogP contribution is -2.43. The maximum atomic E-state index is 12.8. The first-order valence-corrected chi connectivity index (χ1v) is 19.6. The molecule has 8 rings (SSSR count). The molecule has 0 unspecified atom stereocenters. The van der Waals surface area contributed by atoms with E-state index >= 15 is 0 Å². The van der Waals surface area contributed by atoms with Crippen LogP contribution in [0.4, 0.5) is 11.4 Å². The summed E-state index contributed by atoms with van der Waals surface area (Å²) in [6.07, 6.45) is 2.94. The molecule has 0 atom stereocenters. The molecule has 12 heteroatoms. The topological polar surface area (TPSA) is 125 Å². The minimum Gasteiger partial charge on any atom is -0.367 e. The molecule has 6 aromatic rings. The van der Waals surface area contributed by atoms with Crippen molar-refractivity contribution in [3.8, 4) is 0 Å². The number of sulfone groups is 2. The quantitative estimate of drug-likeness (QED) is 0.246. The van der Waals surface area contributed by atoms with Crippen LogP contribution in [0.25, 0.3) is 21.8 Å². The normalized spacial score (nSPS) is 15.4. The van der Waals surface area contributed by atoms with Crippen molar-refractivity contribution in [2.75, 3.05) is 62.2 Å². The van der Waals surface area contributed by atoms with Crippen molar-refractivity contribution in [2.45, 2.75) is 19.6 Å². The van der Waals surface area contributed by atoms with Gasteiger partial charge in [0.25, 0.3) is 0 Å². The summed E-state index contributed by atoms with van der Waals surface area (Å²) in [7, 11) is -7.11. The van der Waals surface area contributed by atoms with E-state index in [2.05, 4.69) is 30.4 Å². The fraction of sp³-hybridized carbons (Fsp3) is 0.211. The molecule has 10 nitrogen and oxygen atoms in total. The van der Waals surface area contributed by atoms with Crippen LogP contribution in [-0.4, -0.2) is 79.2 Å². The molecular formula is C38H38N6O4S2. The molecule has 0 saturated carbocycles. The highest BCUT2D eigenvalue weighted by atomic mass is 32.2. The van der Waals surface area contributed by atoms with Crippen LogP contribution in [0.15, 0.2) is 141 Å². The number of aromatic nitrogens is 2. The van der Waals surface area contributed by atoms with Crippen LogP contribution >= 0.6 is 0 Å². The molecule has 2 N–H and O–H groups in total. The predicted octanol–water partition coefficient (Wildman–Crippen LogP) is 4.95. The van der Waals surface area contributed by atoms with Gasteiger partial charge in [-0.25, -0.2) is 16.8 Å². The molecule has 2 aromatic heterocycles. The average molecular weight is 707 g/mol. The van der Waals surface area contributed by atoms with E-state index in [0.717, 1.165) is 85.5 Å². The number of piperazine rings is 2. The molecule has 256 valence electrons. The second kappa shape index (κ2) is 14.5. The predicted molar refractivity (Wildman–Crippen MR) is 197 cm³/mol. The molecule has 2 saturated heterocycles. The Morgan fingerprint density at radius 3 is 1.22 bits per heavy atom. The number of benzene rings is 4. The Morgan fingerprint density at radius 2 is 0.840 bits per heavy atom. The van der Waals surface area contributed by atoms with Crippen LogP contribution in [0, 0.1) is 0 Å². The average Bonchev–Trinajstić information content (AvgIpc) is 3.18. The monoisotopic (exact) mass is 706 g/mol. The Hall–Kier alpha value is -4.88. The molecule has 2 aliphatic rings. The van der Waals surface area contributed by atoms with E-state index in [4.69, 9.17) is 0 Å². The fourth-order valence-corrected chi connectivity index (χ4v) is 8.86. The zero-order valence-electron chi connectivity index (χ0n) is 27.4. The lowest BCUT2D eigenvalue weighted by atomic mass is 10.1. The molecule has 0 radical (unpaired) electrons. The van der Waals surface area contributed by atoms with Crippen molar-refractivity contribution < 1.29 is 16.8 Å². The van der Waals surface area contributed by atoms with Gasteiger partial charge in [-0.15, -0.1) is 0 Å². The van der Waals surface area contributed by atoms with E-state index in [1.165, 1.54) is 12.4 Å². The molecule has 4 aromatic carbocycles. The Kier molecular flexibility index (Phi) is 9.77. The highest BCUT2D eigenvalue weighted by molar-refractivity contribution is 7.91. The molecule has 0 aliphatic carbocycles. The number of nitrogens with one attached hydrogen (secondary N) is 2. The Labute approximate surface area is 292 Å². The molecule has 0 bridgehead atoms. The van der Waals surface area contributed by atoms with Gasteiger partial charge in [0.05, 0.1) is 42.0 Å². The van der Waals surface area contributed by atoms with E-state index < -0.39 is 19.7 Å². The van der Waals surface area contributed by atoms with Crippen molar-refractivity contribution in [2.24, 2.45) is 0 Å². The highest BCUT2D eigenvalue weighted by Crippen LogP contribution is 2.30. The van der Waals surface area contributed by atoms with Crippen LogP contribution < -0.4 is 20.4 Å². The Balaban J connectivity index is 0.000000157. The van der Waals surface area contributed by atoms with Gasteiger partial charge in [-0.2, -0.15) is 0 Å². The van der Waals surface area contributed by atoms with Gasteiger partial charge in [-0.05, 0) is 48.5 Å².